The molecule has 4 atom stereocenters. The zero-order valence-corrected chi connectivity index (χ0v) is 13.0. The lowest BCUT2D eigenvalue weighted by molar-refractivity contribution is -0.128. The summed E-state index contributed by atoms with van der Waals surface area (Å²) >= 11 is 0. The average molecular weight is 254 g/mol. The highest BCUT2D eigenvalue weighted by Gasteiger charge is 2.60. The number of methoxy groups -OCH3 is 1. The fourth-order valence-corrected chi connectivity index (χ4v) is 4.90. The van der Waals surface area contributed by atoms with E-state index in [0.717, 1.165) is 11.8 Å². The average Bonchev–Trinajstić information content (AvgIpc) is 2.47. The van der Waals surface area contributed by atoms with Gasteiger partial charge in [0.05, 0.1) is 6.10 Å². The van der Waals surface area contributed by atoms with Gasteiger partial charge >= 0.3 is 0 Å². The van der Waals surface area contributed by atoms with Gasteiger partial charge in [0.25, 0.3) is 0 Å². The summed E-state index contributed by atoms with van der Waals surface area (Å²) in [5.74, 6) is 2.23. The maximum atomic E-state index is 6.00. The normalized spacial score (nSPS) is 41.7. The van der Waals surface area contributed by atoms with Gasteiger partial charge in [0.2, 0.25) is 0 Å². The summed E-state index contributed by atoms with van der Waals surface area (Å²) in [5, 5.41) is 0. The molecule has 0 aromatic carbocycles. The van der Waals surface area contributed by atoms with Gasteiger partial charge in [-0.15, -0.1) is 0 Å². The van der Waals surface area contributed by atoms with Gasteiger partial charge in [0, 0.05) is 7.11 Å². The van der Waals surface area contributed by atoms with Gasteiger partial charge in [-0.1, -0.05) is 41.0 Å². The molecule has 2 nitrogen and oxygen atoms in total. The van der Waals surface area contributed by atoms with Gasteiger partial charge in [-0.3, -0.25) is 0 Å². The maximum absolute atomic E-state index is 6.00. The number of hydrogen-bond donors (Lipinski definition) is 0. The van der Waals surface area contributed by atoms with Gasteiger partial charge in [-0.2, -0.15) is 0 Å². The first-order valence-corrected chi connectivity index (χ1v) is 7.44. The summed E-state index contributed by atoms with van der Waals surface area (Å²) in [6, 6.07) is 0. The lowest BCUT2D eigenvalue weighted by Crippen LogP contribution is -2.40. The summed E-state index contributed by atoms with van der Waals surface area (Å²) in [7, 11) is 1.71. The Bertz CT molecular complexity index is 295. The zero-order valence-electron chi connectivity index (χ0n) is 13.0. The highest BCUT2D eigenvalue weighted by atomic mass is 16.7. The van der Waals surface area contributed by atoms with E-state index in [0.29, 0.717) is 29.6 Å². The Kier molecular flexibility index (Phi) is 3.81. The first kappa shape index (κ1) is 14.3. The molecule has 0 aromatic rings. The maximum Gasteiger partial charge on any atom is 0.146 e. The van der Waals surface area contributed by atoms with Crippen LogP contribution in [0.5, 0.6) is 0 Å². The molecule has 0 amide bonds. The summed E-state index contributed by atoms with van der Waals surface area (Å²) in [5.41, 5.74) is 0.802. The van der Waals surface area contributed by atoms with Crippen LogP contribution in [0, 0.1) is 28.6 Å². The van der Waals surface area contributed by atoms with Crippen LogP contribution < -0.4 is 0 Å². The minimum absolute atomic E-state index is 0.368. The van der Waals surface area contributed by atoms with Crippen molar-refractivity contribution in [2.75, 3.05) is 13.9 Å². The fourth-order valence-electron chi connectivity index (χ4n) is 4.90. The Morgan fingerprint density at radius 2 is 1.72 bits per heavy atom. The summed E-state index contributed by atoms with van der Waals surface area (Å²) < 4.78 is 11.1. The number of hydrogen-bond acceptors (Lipinski definition) is 2. The molecule has 2 aliphatic carbocycles. The van der Waals surface area contributed by atoms with Gasteiger partial charge < -0.3 is 9.47 Å². The molecular weight excluding hydrogens is 224 g/mol. The van der Waals surface area contributed by atoms with Crippen molar-refractivity contribution in [3.8, 4) is 0 Å². The third-order valence-corrected chi connectivity index (χ3v) is 6.28. The van der Waals surface area contributed by atoms with Crippen molar-refractivity contribution in [2.24, 2.45) is 28.6 Å². The summed E-state index contributed by atoms with van der Waals surface area (Å²) in [4.78, 5) is 0. The second-order valence-corrected chi connectivity index (χ2v) is 7.54. The Morgan fingerprint density at radius 3 is 2.33 bits per heavy atom. The lowest BCUT2D eigenvalue weighted by Gasteiger charge is -2.42. The van der Waals surface area contributed by atoms with Crippen molar-refractivity contribution < 1.29 is 9.47 Å². The molecule has 106 valence electrons. The summed E-state index contributed by atoms with van der Waals surface area (Å²) in [6.45, 7) is 12.7. The molecule has 2 rings (SSSR count). The van der Waals surface area contributed by atoms with E-state index in [9.17, 15) is 0 Å². The molecule has 2 saturated carbocycles. The Labute approximate surface area is 112 Å². The quantitative estimate of drug-likeness (QED) is 0.706. The molecule has 0 heterocycles. The molecule has 4 unspecified atom stereocenters. The molecule has 0 N–H and O–H groups in total. The number of ether oxygens (including phenoxy) is 2. The van der Waals surface area contributed by atoms with Gasteiger partial charge in [0.15, 0.2) is 0 Å². The van der Waals surface area contributed by atoms with Crippen molar-refractivity contribution in [3.63, 3.8) is 0 Å². The van der Waals surface area contributed by atoms with Crippen LogP contribution in [0.25, 0.3) is 0 Å². The third-order valence-electron chi connectivity index (χ3n) is 6.28. The van der Waals surface area contributed by atoms with Crippen LogP contribution >= 0.6 is 0 Å². The van der Waals surface area contributed by atoms with E-state index in [-0.39, 0.29) is 0 Å². The minimum atomic E-state index is 0.368. The van der Waals surface area contributed by atoms with Crippen molar-refractivity contribution in [1.82, 2.24) is 0 Å². The monoisotopic (exact) mass is 254 g/mol. The molecule has 0 aromatic heterocycles. The molecule has 2 heteroatoms. The Morgan fingerprint density at radius 1 is 1.06 bits per heavy atom. The molecular formula is C16H30O2. The minimum Gasteiger partial charge on any atom is -0.359 e. The highest BCUT2D eigenvalue weighted by molar-refractivity contribution is 5.08. The van der Waals surface area contributed by atoms with Crippen LogP contribution in [-0.4, -0.2) is 20.0 Å². The molecule has 0 spiro atoms. The van der Waals surface area contributed by atoms with E-state index in [2.05, 4.69) is 34.6 Å². The van der Waals surface area contributed by atoms with E-state index in [1.807, 2.05) is 0 Å². The Hall–Kier alpha value is -0.0800. The van der Waals surface area contributed by atoms with Crippen LogP contribution in [0.1, 0.15) is 53.9 Å². The van der Waals surface area contributed by atoms with Crippen LogP contribution in [-0.2, 0) is 9.47 Å². The first-order chi connectivity index (χ1) is 8.33. The lowest BCUT2D eigenvalue weighted by atomic mass is 9.67. The number of rotatable bonds is 3. The number of fused-ring (bicyclic) bond motifs is 1. The van der Waals surface area contributed by atoms with E-state index >= 15 is 0 Å². The molecule has 0 saturated heterocycles. The first-order valence-electron chi connectivity index (χ1n) is 7.44. The second kappa shape index (κ2) is 4.79. The van der Waals surface area contributed by atoms with E-state index in [1.54, 1.807) is 7.11 Å². The predicted octanol–water partition coefficient (Wildman–Crippen LogP) is 4.09. The molecule has 0 radical (unpaired) electrons. The SMILES string of the molecule is COCOC1CCCC2C1C(C)(C)C(C)C2(C)C. The van der Waals surface area contributed by atoms with Crippen molar-refractivity contribution >= 4 is 0 Å². The second-order valence-electron chi connectivity index (χ2n) is 7.54. The van der Waals surface area contributed by atoms with Crippen molar-refractivity contribution in [1.29, 1.82) is 0 Å². The molecule has 2 fully saturated rings. The standard InChI is InChI=1S/C16H30O2/c1-11-15(2,3)12-8-7-9-13(18-10-17-6)14(12)16(11,4)5/h11-14H,7-10H2,1-6H3. The molecule has 2 aliphatic rings. The topological polar surface area (TPSA) is 18.5 Å². The van der Waals surface area contributed by atoms with E-state index in [1.165, 1.54) is 19.3 Å². The molecule has 18 heavy (non-hydrogen) atoms. The summed E-state index contributed by atoms with van der Waals surface area (Å²) in [6.07, 6.45) is 4.28. The van der Waals surface area contributed by atoms with Crippen molar-refractivity contribution in [2.45, 2.75) is 60.0 Å². The predicted molar refractivity (Wildman–Crippen MR) is 74.3 cm³/mol. The largest absolute Gasteiger partial charge is 0.359 e. The van der Waals surface area contributed by atoms with Crippen LogP contribution in [0.2, 0.25) is 0 Å². The Balaban J connectivity index is 2.25. The van der Waals surface area contributed by atoms with Gasteiger partial charge in [-0.25, -0.2) is 0 Å². The smallest absolute Gasteiger partial charge is 0.146 e. The fraction of sp³-hybridized carbons (Fsp3) is 1.00. The van der Waals surface area contributed by atoms with E-state index in [4.69, 9.17) is 9.47 Å². The third kappa shape index (κ3) is 2.02. The van der Waals surface area contributed by atoms with Crippen LogP contribution in [0.4, 0.5) is 0 Å². The van der Waals surface area contributed by atoms with Crippen molar-refractivity contribution in [3.05, 3.63) is 0 Å². The van der Waals surface area contributed by atoms with Gasteiger partial charge in [0.1, 0.15) is 6.79 Å². The highest BCUT2D eigenvalue weighted by Crippen LogP contribution is 2.64. The van der Waals surface area contributed by atoms with Gasteiger partial charge in [-0.05, 0) is 41.4 Å². The van der Waals surface area contributed by atoms with Crippen LogP contribution in [0.15, 0.2) is 0 Å². The zero-order chi connectivity index (χ0) is 13.6. The molecule has 0 bridgehead atoms. The van der Waals surface area contributed by atoms with E-state index < -0.39 is 0 Å². The molecule has 0 aliphatic heterocycles. The van der Waals surface area contributed by atoms with Crippen LogP contribution in [0.3, 0.4) is 0 Å².